The Balaban J connectivity index is 3.28. The fourth-order valence-corrected chi connectivity index (χ4v) is 0.822. The van der Waals surface area contributed by atoms with Crippen molar-refractivity contribution in [2.24, 2.45) is 0 Å². The fourth-order valence-electron chi connectivity index (χ4n) is 0.822. The predicted octanol–water partition coefficient (Wildman–Crippen LogP) is 1.50. The van der Waals surface area contributed by atoms with Crippen LogP contribution in [0.5, 0.6) is 0 Å². The lowest BCUT2D eigenvalue weighted by atomic mass is 10.3. The first-order valence-corrected chi connectivity index (χ1v) is 3.47. The number of rotatable bonds is 1. The molecule has 0 saturated heterocycles. The number of alkyl halides is 3. The molecule has 1 heterocycles. The lowest BCUT2D eigenvalue weighted by molar-refractivity contribution is -0.141. The summed E-state index contributed by atoms with van der Waals surface area (Å²) in [6.45, 7) is 1.20. The van der Waals surface area contributed by atoms with Crippen LogP contribution in [0.25, 0.3) is 0 Å². The minimum Gasteiger partial charge on any atom is -0.477 e. The molecule has 0 aromatic carbocycles. The minimum absolute atomic E-state index is 0.225. The molecule has 1 N–H and O–H groups in total. The van der Waals surface area contributed by atoms with Crippen molar-refractivity contribution < 1.29 is 23.1 Å². The average molecular weight is 206 g/mol. The summed E-state index contributed by atoms with van der Waals surface area (Å²) >= 11 is 0. The molecule has 0 spiro atoms. The molecule has 0 amide bonds. The van der Waals surface area contributed by atoms with Gasteiger partial charge in [0.2, 0.25) is 0 Å². The molecule has 0 unspecified atom stereocenters. The molecule has 0 fully saturated rings. The third kappa shape index (κ3) is 2.18. The molecule has 0 aliphatic rings. The molecule has 0 saturated carbocycles. The Morgan fingerprint density at radius 2 is 2.00 bits per heavy atom. The Morgan fingerprint density at radius 1 is 1.43 bits per heavy atom. The summed E-state index contributed by atoms with van der Waals surface area (Å²) in [6.07, 6.45) is -4.65. The molecule has 4 nitrogen and oxygen atoms in total. The quantitative estimate of drug-likeness (QED) is 0.756. The molecule has 14 heavy (non-hydrogen) atoms. The Hall–Kier alpha value is -1.66. The molecule has 0 bridgehead atoms. The molecule has 1 aromatic rings. The largest absolute Gasteiger partial charge is 0.477 e. The van der Waals surface area contributed by atoms with Gasteiger partial charge in [0.1, 0.15) is 11.5 Å². The summed E-state index contributed by atoms with van der Waals surface area (Å²) in [5.74, 6) is -1.74. The van der Waals surface area contributed by atoms with Crippen molar-refractivity contribution in [1.29, 1.82) is 0 Å². The van der Waals surface area contributed by atoms with Crippen LogP contribution in [0.1, 0.15) is 22.0 Å². The van der Waals surface area contributed by atoms with Gasteiger partial charge >= 0.3 is 12.1 Å². The van der Waals surface area contributed by atoms with Gasteiger partial charge in [-0.25, -0.2) is 14.8 Å². The highest BCUT2D eigenvalue weighted by Gasteiger charge is 2.33. The zero-order chi connectivity index (χ0) is 10.9. The van der Waals surface area contributed by atoms with Crippen molar-refractivity contribution >= 4 is 5.97 Å². The first-order valence-electron chi connectivity index (χ1n) is 3.47. The van der Waals surface area contributed by atoms with Crippen LogP contribution < -0.4 is 0 Å². The van der Waals surface area contributed by atoms with Crippen LogP contribution >= 0.6 is 0 Å². The number of aryl methyl sites for hydroxylation is 1. The lowest BCUT2D eigenvalue weighted by Crippen LogP contribution is -2.13. The second kappa shape index (κ2) is 3.24. The van der Waals surface area contributed by atoms with E-state index < -0.39 is 23.5 Å². The van der Waals surface area contributed by atoms with E-state index in [0.717, 1.165) is 0 Å². The van der Waals surface area contributed by atoms with Gasteiger partial charge in [-0.05, 0) is 6.92 Å². The van der Waals surface area contributed by atoms with Gasteiger partial charge in [0.05, 0.1) is 0 Å². The molecule has 0 atom stereocenters. The van der Waals surface area contributed by atoms with E-state index in [9.17, 15) is 18.0 Å². The lowest BCUT2D eigenvalue weighted by Gasteiger charge is -2.06. The molecule has 0 aliphatic heterocycles. The van der Waals surface area contributed by atoms with Crippen molar-refractivity contribution in [3.05, 3.63) is 23.3 Å². The molecular formula is C7H5F3N2O2. The highest BCUT2D eigenvalue weighted by Crippen LogP contribution is 2.27. The van der Waals surface area contributed by atoms with Crippen molar-refractivity contribution in [3.8, 4) is 0 Å². The molecule has 76 valence electrons. The summed E-state index contributed by atoms with van der Waals surface area (Å²) < 4.78 is 36.4. The summed E-state index contributed by atoms with van der Waals surface area (Å²) in [7, 11) is 0. The van der Waals surface area contributed by atoms with Gasteiger partial charge in [0.15, 0.2) is 5.69 Å². The maximum absolute atomic E-state index is 12.1. The summed E-state index contributed by atoms with van der Waals surface area (Å²) in [4.78, 5) is 16.8. The average Bonchev–Trinajstić information content (AvgIpc) is 2.01. The number of aromatic carboxylic acids is 1. The van der Waals surface area contributed by atoms with Gasteiger partial charge in [-0.3, -0.25) is 0 Å². The van der Waals surface area contributed by atoms with Crippen molar-refractivity contribution in [3.63, 3.8) is 0 Å². The number of nitrogens with zero attached hydrogens (tertiary/aromatic N) is 2. The zero-order valence-corrected chi connectivity index (χ0v) is 6.96. The number of carbonyl (C=O) groups is 1. The van der Waals surface area contributed by atoms with Gasteiger partial charge < -0.3 is 5.11 Å². The molecule has 1 aromatic heterocycles. The molecular weight excluding hydrogens is 201 g/mol. The van der Waals surface area contributed by atoms with Crippen LogP contribution in [0, 0.1) is 6.92 Å². The Kier molecular flexibility index (Phi) is 2.41. The van der Waals surface area contributed by atoms with Crippen LogP contribution in [0.4, 0.5) is 13.2 Å². The number of aromatic nitrogens is 2. The second-order valence-electron chi connectivity index (χ2n) is 2.49. The maximum atomic E-state index is 12.1. The summed E-state index contributed by atoms with van der Waals surface area (Å²) in [6, 6.07) is 0.398. The van der Waals surface area contributed by atoms with Crippen LogP contribution in [-0.4, -0.2) is 21.0 Å². The number of halogens is 3. The number of hydrogen-bond acceptors (Lipinski definition) is 3. The first-order chi connectivity index (χ1) is 6.30. The van der Waals surface area contributed by atoms with E-state index in [-0.39, 0.29) is 5.82 Å². The van der Waals surface area contributed by atoms with Crippen molar-refractivity contribution in [2.45, 2.75) is 13.1 Å². The second-order valence-corrected chi connectivity index (χ2v) is 2.49. The van der Waals surface area contributed by atoms with Gasteiger partial charge in [0, 0.05) is 6.07 Å². The van der Waals surface area contributed by atoms with Crippen LogP contribution in [0.15, 0.2) is 6.07 Å². The zero-order valence-electron chi connectivity index (χ0n) is 6.96. The molecule has 7 heteroatoms. The number of carboxylic acids is 1. The smallest absolute Gasteiger partial charge is 0.433 e. The number of carboxylic acid groups (broad SMARTS) is 1. The van der Waals surface area contributed by atoms with Crippen molar-refractivity contribution in [1.82, 2.24) is 9.97 Å². The molecule has 1 rings (SSSR count). The SMILES string of the molecule is Cc1nc(C(=O)O)cc(C(F)(F)F)n1. The van der Waals surface area contributed by atoms with E-state index >= 15 is 0 Å². The van der Waals surface area contributed by atoms with Gasteiger partial charge in [-0.2, -0.15) is 13.2 Å². The number of hydrogen-bond donors (Lipinski definition) is 1. The topological polar surface area (TPSA) is 63.1 Å². The monoisotopic (exact) mass is 206 g/mol. The fraction of sp³-hybridized carbons (Fsp3) is 0.286. The highest BCUT2D eigenvalue weighted by molar-refractivity contribution is 5.85. The Labute approximate surface area is 76.4 Å². The van der Waals surface area contributed by atoms with E-state index in [0.29, 0.717) is 6.07 Å². The summed E-state index contributed by atoms with van der Waals surface area (Å²) in [5.41, 5.74) is -1.91. The normalized spacial score (nSPS) is 11.4. The van der Waals surface area contributed by atoms with Gasteiger partial charge in [-0.1, -0.05) is 0 Å². The maximum Gasteiger partial charge on any atom is 0.433 e. The Bertz CT molecular complexity index is 376. The van der Waals surface area contributed by atoms with E-state index in [1.165, 1.54) is 6.92 Å². The van der Waals surface area contributed by atoms with Gasteiger partial charge in [0.25, 0.3) is 0 Å². The first kappa shape index (κ1) is 10.4. The van der Waals surface area contributed by atoms with E-state index in [1.807, 2.05) is 0 Å². The standard InChI is InChI=1S/C7H5F3N2O2/c1-3-11-4(6(13)14)2-5(12-3)7(8,9)10/h2H,1H3,(H,13,14). The van der Waals surface area contributed by atoms with E-state index in [4.69, 9.17) is 5.11 Å². The Morgan fingerprint density at radius 3 is 2.43 bits per heavy atom. The van der Waals surface area contributed by atoms with E-state index in [2.05, 4.69) is 9.97 Å². The van der Waals surface area contributed by atoms with E-state index in [1.54, 1.807) is 0 Å². The minimum atomic E-state index is -4.65. The third-order valence-electron chi connectivity index (χ3n) is 1.35. The van der Waals surface area contributed by atoms with Gasteiger partial charge in [-0.15, -0.1) is 0 Å². The predicted molar refractivity (Wildman–Crippen MR) is 38.7 cm³/mol. The summed E-state index contributed by atoms with van der Waals surface area (Å²) in [5, 5.41) is 8.44. The van der Waals surface area contributed by atoms with Crippen LogP contribution in [0.3, 0.4) is 0 Å². The molecule has 0 aliphatic carbocycles. The molecule has 0 radical (unpaired) electrons. The third-order valence-corrected chi connectivity index (χ3v) is 1.35. The van der Waals surface area contributed by atoms with Crippen molar-refractivity contribution in [2.75, 3.05) is 0 Å². The highest BCUT2D eigenvalue weighted by atomic mass is 19.4. The van der Waals surface area contributed by atoms with Crippen LogP contribution in [0.2, 0.25) is 0 Å². The van der Waals surface area contributed by atoms with Crippen LogP contribution in [-0.2, 0) is 6.18 Å².